The number of anilines is 3. The summed E-state index contributed by atoms with van der Waals surface area (Å²) in [5.41, 5.74) is 12.8. The molecule has 4 aromatic carbocycles. The summed E-state index contributed by atoms with van der Waals surface area (Å²) in [6.07, 6.45) is 4.63. The number of para-hydroxylation sites is 3. The molecule has 7 rings (SSSR count). The van der Waals surface area contributed by atoms with Gasteiger partial charge in [0.05, 0.1) is 16.8 Å². The van der Waals surface area contributed by atoms with E-state index in [-0.39, 0.29) is 5.41 Å². The molecule has 1 spiro atoms. The predicted molar refractivity (Wildman–Crippen MR) is 144 cm³/mol. The molecule has 2 heterocycles. The fourth-order valence-electron chi connectivity index (χ4n) is 6.39. The van der Waals surface area contributed by atoms with E-state index in [1.165, 1.54) is 56.0 Å². The molecule has 0 radical (unpaired) electrons. The maximum Gasteiger partial charge on any atom is 0.139 e. The molecule has 0 fully saturated rings. The van der Waals surface area contributed by atoms with Gasteiger partial charge in [0, 0.05) is 30.5 Å². The molecule has 0 saturated carbocycles. The molecular weight excluding hydrogens is 411 g/mol. The van der Waals surface area contributed by atoms with E-state index in [4.69, 9.17) is 0 Å². The predicted octanol–water partition coefficient (Wildman–Crippen LogP) is 5.29. The molecule has 0 N–H and O–H groups in total. The Hall–Kier alpha value is -3.98. The van der Waals surface area contributed by atoms with Crippen LogP contribution in [0.4, 0.5) is 17.1 Å². The molecule has 34 heavy (non-hydrogen) atoms. The molecule has 0 amide bonds. The lowest BCUT2D eigenvalue weighted by Gasteiger charge is -2.47. The summed E-state index contributed by atoms with van der Waals surface area (Å²) in [6.45, 7) is 0.917. The number of benzene rings is 4. The second-order valence-corrected chi connectivity index (χ2v) is 9.55. The van der Waals surface area contributed by atoms with Crippen molar-refractivity contribution in [1.29, 1.82) is 0 Å². The summed E-state index contributed by atoms with van der Waals surface area (Å²) in [4.78, 5) is 4.89. The highest BCUT2D eigenvalue weighted by Gasteiger charge is 2.54. The molecule has 2 nitrogen and oxygen atoms in total. The van der Waals surface area contributed by atoms with E-state index in [2.05, 4.69) is 134 Å². The van der Waals surface area contributed by atoms with Gasteiger partial charge < -0.3 is 9.80 Å². The molecular formula is C31H25BN2. The molecule has 0 bridgehead atoms. The number of rotatable bonds is 1. The highest BCUT2D eigenvalue weighted by atomic mass is 15.2. The van der Waals surface area contributed by atoms with Gasteiger partial charge in [-0.2, -0.15) is 0 Å². The van der Waals surface area contributed by atoms with Crippen LogP contribution in [0.1, 0.15) is 22.3 Å². The smallest absolute Gasteiger partial charge is 0.139 e. The molecule has 3 aliphatic rings. The first-order valence-electron chi connectivity index (χ1n) is 12.0. The molecule has 0 aromatic heterocycles. The number of nitrogens with zero attached hydrogens (tertiary/aromatic N) is 2. The minimum Gasteiger partial charge on any atom is -0.372 e. The van der Waals surface area contributed by atoms with Crippen molar-refractivity contribution in [3.05, 3.63) is 137 Å². The summed E-state index contributed by atoms with van der Waals surface area (Å²) in [5, 5.41) is 0. The first-order chi connectivity index (χ1) is 16.7. The van der Waals surface area contributed by atoms with Crippen molar-refractivity contribution in [3.63, 3.8) is 0 Å². The van der Waals surface area contributed by atoms with E-state index in [1.807, 2.05) is 0 Å². The number of hydrogen-bond donors (Lipinski definition) is 0. The first kappa shape index (κ1) is 19.5. The van der Waals surface area contributed by atoms with E-state index >= 15 is 0 Å². The lowest BCUT2D eigenvalue weighted by atomic mass is 9.65. The van der Waals surface area contributed by atoms with Gasteiger partial charge in [-0.05, 0) is 46.5 Å². The summed E-state index contributed by atoms with van der Waals surface area (Å²) in [5.74, 6) is 0. The van der Waals surface area contributed by atoms with E-state index in [9.17, 15) is 0 Å². The highest BCUT2D eigenvalue weighted by molar-refractivity contribution is 6.32. The maximum atomic E-state index is 2.45. The van der Waals surface area contributed by atoms with Gasteiger partial charge in [-0.1, -0.05) is 90.4 Å². The van der Waals surface area contributed by atoms with Crippen molar-refractivity contribution in [2.24, 2.45) is 0 Å². The number of hydrogen-bond acceptors (Lipinski definition) is 2. The van der Waals surface area contributed by atoms with Crippen molar-refractivity contribution in [2.75, 3.05) is 18.5 Å². The SMILES string of the molecule is Bc1ccc2c(c1)C1(C3=C2C=CCN3C)c2ccccc2N(c2ccccc2)c2ccccc21. The van der Waals surface area contributed by atoms with Crippen LogP contribution < -0.4 is 10.4 Å². The first-order valence-corrected chi connectivity index (χ1v) is 12.0. The Morgan fingerprint density at radius 3 is 2.09 bits per heavy atom. The molecule has 0 saturated heterocycles. The fourth-order valence-corrected chi connectivity index (χ4v) is 6.39. The van der Waals surface area contributed by atoms with Crippen LogP contribution in [0.25, 0.3) is 5.57 Å². The zero-order chi connectivity index (χ0) is 22.9. The average molecular weight is 436 g/mol. The van der Waals surface area contributed by atoms with Gasteiger partial charge >= 0.3 is 0 Å². The third-order valence-corrected chi connectivity index (χ3v) is 7.64. The van der Waals surface area contributed by atoms with Gasteiger partial charge in [-0.25, -0.2) is 0 Å². The Balaban J connectivity index is 1.66. The topological polar surface area (TPSA) is 6.48 Å². The largest absolute Gasteiger partial charge is 0.372 e. The van der Waals surface area contributed by atoms with Gasteiger partial charge in [0.25, 0.3) is 0 Å². The molecule has 162 valence electrons. The van der Waals surface area contributed by atoms with Crippen molar-refractivity contribution in [1.82, 2.24) is 4.90 Å². The Kier molecular flexibility index (Phi) is 4.02. The van der Waals surface area contributed by atoms with Crippen LogP contribution >= 0.6 is 0 Å². The Morgan fingerprint density at radius 1 is 0.735 bits per heavy atom. The van der Waals surface area contributed by atoms with Crippen LogP contribution in [0.15, 0.2) is 115 Å². The molecule has 0 atom stereocenters. The fraction of sp³-hybridized carbons (Fsp3) is 0.0968. The molecule has 2 aliphatic heterocycles. The van der Waals surface area contributed by atoms with Crippen molar-refractivity contribution >= 4 is 35.9 Å². The van der Waals surface area contributed by atoms with Crippen LogP contribution in [-0.2, 0) is 5.41 Å². The van der Waals surface area contributed by atoms with E-state index in [1.54, 1.807) is 0 Å². The zero-order valence-electron chi connectivity index (χ0n) is 19.5. The Labute approximate surface area is 201 Å². The van der Waals surface area contributed by atoms with Crippen LogP contribution in [0.5, 0.6) is 0 Å². The van der Waals surface area contributed by atoms with Gasteiger partial charge in [-0.3, -0.25) is 0 Å². The lowest BCUT2D eigenvalue weighted by Crippen LogP contribution is -2.42. The van der Waals surface area contributed by atoms with Gasteiger partial charge in [0.15, 0.2) is 0 Å². The lowest BCUT2D eigenvalue weighted by molar-refractivity contribution is 0.408. The van der Waals surface area contributed by atoms with E-state index in [0.29, 0.717) is 0 Å². The van der Waals surface area contributed by atoms with Gasteiger partial charge in [-0.15, -0.1) is 0 Å². The molecule has 0 unspecified atom stereocenters. The van der Waals surface area contributed by atoms with Crippen LogP contribution in [0.3, 0.4) is 0 Å². The van der Waals surface area contributed by atoms with Crippen molar-refractivity contribution < 1.29 is 0 Å². The summed E-state index contributed by atoms with van der Waals surface area (Å²) in [7, 11) is 4.45. The summed E-state index contributed by atoms with van der Waals surface area (Å²) >= 11 is 0. The Morgan fingerprint density at radius 2 is 1.38 bits per heavy atom. The zero-order valence-corrected chi connectivity index (χ0v) is 19.5. The van der Waals surface area contributed by atoms with E-state index in [0.717, 1.165) is 6.54 Å². The third-order valence-electron chi connectivity index (χ3n) is 7.64. The second kappa shape index (κ2) is 7.01. The summed E-state index contributed by atoms with van der Waals surface area (Å²) in [6, 6.07) is 35.7. The van der Waals surface area contributed by atoms with Crippen molar-refractivity contribution in [3.8, 4) is 0 Å². The summed E-state index contributed by atoms with van der Waals surface area (Å²) < 4.78 is 0. The van der Waals surface area contributed by atoms with Crippen LogP contribution in [0.2, 0.25) is 0 Å². The Bertz CT molecular complexity index is 1470. The molecule has 3 heteroatoms. The van der Waals surface area contributed by atoms with Crippen LogP contribution in [0, 0.1) is 0 Å². The quantitative estimate of drug-likeness (QED) is 0.374. The van der Waals surface area contributed by atoms with Gasteiger partial charge in [0.2, 0.25) is 0 Å². The average Bonchev–Trinajstić information content (AvgIpc) is 3.16. The normalized spacial score (nSPS) is 16.9. The minimum atomic E-state index is -0.353. The second-order valence-electron chi connectivity index (χ2n) is 9.55. The third kappa shape index (κ3) is 2.37. The standard InChI is InChI=1S/C31H25BN2/c1-33-19-9-12-24-23-18-17-21(32)20-27(23)31(30(24)33)25-13-5-7-15-28(25)34(22-10-3-2-4-11-22)29-16-8-6-14-26(29)31/h2-18,20H,19,32H2,1H3. The number of likely N-dealkylation sites (N-methyl/N-ethyl adjacent to an activating group) is 1. The molecule has 4 aromatic rings. The number of allylic oxidation sites excluding steroid dienone is 3. The maximum absolute atomic E-state index is 2.45. The highest BCUT2D eigenvalue weighted by Crippen LogP contribution is 2.63. The van der Waals surface area contributed by atoms with Gasteiger partial charge in [0.1, 0.15) is 7.85 Å². The monoisotopic (exact) mass is 436 g/mol. The van der Waals surface area contributed by atoms with Crippen LogP contribution in [-0.4, -0.2) is 26.3 Å². The van der Waals surface area contributed by atoms with E-state index < -0.39 is 0 Å². The van der Waals surface area contributed by atoms with Crippen molar-refractivity contribution in [2.45, 2.75) is 5.41 Å². The molecule has 1 aliphatic carbocycles. The number of fused-ring (bicyclic) bond motifs is 8. The minimum absolute atomic E-state index is 0.353.